The van der Waals surface area contributed by atoms with Crippen LogP contribution < -0.4 is 4.90 Å². The highest BCUT2D eigenvalue weighted by molar-refractivity contribution is 7.09. The van der Waals surface area contributed by atoms with Gasteiger partial charge in [-0.05, 0) is 12.0 Å². The van der Waals surface area contributed by atoms with Crippen LogP contribution in [0, 0.1) is 5.41 Å². The Labute approximate surface area is 153 Å². The van der Waals surface area contributed by atoms with Crippen molar-refractivity contribution in [2.45, 2.75) is 33.6 Å². The average molecular weight is 359 g/mol. The second kappa shape index (κ2) is 7.52. The van der Waals surface area contributed by atoms with E-state index in [1.165, 1.54) is 17.1 Å². The molecule has 1 amide bonds. The van der Waals surface area contributed by atoms with E-state index in [1.807, 2.05) is 43.9 Å². The zero-order valence-corrected chi connectivity index (χ0v) is 16.1. The topological polar surface area (TPSA) is 49.3 Å². The lowest BCUT2D eigenvalue weighted by Crippen LogP contribution is -2.41. The molecule has 1 aliphatic heterocycles. The minimum absolute atomic E-state index is 0.233. The van der Waals surface area contributed by atoms with Crippen molar-refractivity contribution in [3.05, 3.63) is 41.7 Å². The average Bonchev–Trinajstić information content (AvgIpc) is 2.90. The minimum Gasteiger partial charge on any atom is -0.345 e. The number of anilines is 1. The van der Waals surface area contributed by atoms with Gasteiger partial charge < -0.3 is 9.80 Å². The fourth-order valence-corrected chi connectivity index (χ4v) is 3.75. The molecule has 0 radical (unpaired) electrons. The van der Waals surface area contributed by atoms with Crippen molar-refractivity contribution in [1.29, 1.82) is 0 Å². The van der Waals surface area contributed by atoms with Crippen LogP contribution in [0.15, 0.2) is 30.3 Å². The normalized spacial score (nSPS) is 16.0. The molecule has 0 aliphatic carbocycles. The molecule has 0 saturated carbocycles. The van der Waals surface area contributed by atoms with Crippen molar-refractivity contribution in [2.75, 3.05) is 31.1 Å². The molecule has 1 fully saturated rings. The zero-order chi connectivity index (χ0) is 17.9. The van der Waals surface area contributed by atoms with Gasteiger partial charge in [-0.2, -0.15) is 4.37 Å². The second-order valence-electron chi connectivity index (χ2n) is 7.54. The van der Waals surface area contributed by atoms with Gasteiger partial charge in [-0.25, -0.2) is 4.98 Å². The summed E-state index contributed by atoms with van der Waals surface area (Å²) >= 11 is 1.46. The van der Waals surface area contributed by atoms with E-state index in [1.54, 1.807) is 0 Å². The predicted octanol–water partition coefficient (Wildman–Crippen LogP) is 3.21. The van der Waals surface area contributed by atoms with Crippen LogP contribution in [0.5, 0.6) is 0 Å². The second-order valence-corrected chi connectivity index (χ2v) is 8.27. The van der Waals surface area contributed by atoms with Gasteiger partial charge in [-0.1, -0.05) is 51.1 Å². The summed E-state index contributed by atoms with van der Waals surface area (Å²) in [6, 6.07) is 10.3. The Balaban J connectivity index is 1.62. The summed E-state index contributed by atoms with van der Waals surface area (Å²) in [4.78, 5) is 21.5. The first-order chi connectivity index (χ1) is 11.9. The molecule has 1 aliphatic rings. The van der Waals surface area contributed by atoms with Crippen molar-refractivity contribution < 1.29 is 4.79 Å². The van der Waals surface area contributed by atoms with E-state index in [-0.39, 0.29) is 11.3 Å². The molecule has 134 valence electrons. The van der Waals surface area contributed by atoms with Crippen molar-refractivity contribution in [2.24, 2.45) is 5.41 Å². The molecular formula is C19H26N4OS. The summed E-state index contributed by atoms with van der Waals surface area (Å²) in [7, 11) is 0. The largest absolute Gasteiger partial charge is 0.345 e. The Morgan fingerprint density at radius 1 is 1.12 bits per heavy atom. The third kappa shape index (κ3) is 4.57. The van der Waals surface area contributed by atoms with E-state index >= 15 is 0 Å². The first-order valence-corrected chi connectivity index (χ1v) is 9.61. The Kier molecular flexibility index (Phi) is 5.37. The van der Waals surface area contributed by atoms with Gasteiger partial charge in [-0.3, -0.25) is 4.79 Å². The summed E-state index contributed by atoms with van der Waals surface area (Å²) in [6.45, 7) is 9.28. The summed E-state index contributed by atoms with van der Waals surface area (Å²) in [5.41, 5.74) is 0.908. The third-order valence-corrected chi connectivity index (χ3v) is 5.17. The number of hydrogen-bond donors (Lipinski definition) is 0. The number of hydrogen-bond acceptors (Lipinski definition) is 5. The lowest BCUT2D eigenvalue weighted by atomic mass is 9.94. The van der Waals surface area contributed by atoms with E-state index in [9.17, 15) is 4.79 Å². The summed E-state index contributed by atoms with van der Waals surface area (Å²) in [6.07, 6.45) is 1.73. The van der Waals surface area contributed by atoms with Gasteiger partial charge in [0.05, 0.1) is 0 Å². The van der Waals surface area contributed by atoms with Crippen LogP contribution in [0.1, 0.15) is 38.6 Å². The molecule has 2 heterocycles. The van der Waals surface area contributed by atoms with Gasteiger partial charge in [-0.15, -0.1) is 0 Å². The van der Waals surface area contributed by atoms with Crippen molar-refractivity contribution in [1.82, 2.24) is 14.3 Å². The van der Waals surface area contributed by atoms with Crippen LogP contribution in [0.3, 0.4) is 0 Å². The molecule has 3 rings (SSSR count). The molecule has 0 unspecified atom stereocenters. The van der Waals surface area contributed by atoms with E-state index in [0.29, 0.717) is 0 Å². The number of rotatable bonds is 3. The standard InChI is InChI=1S/C19H26N4OS/c1-19(2,3)17(24)22-10-7-11-23(13-12-22)18-20-16(21-25-18)14-15-8-5-4-6-9-15/h4-6,8-9H,7,10-14H2,1-3H3. The lowest BCUT2D eigenvalue weighted by Gasteiger charge is -2.28. The zero-order valence-electron chi connectivity index (χ0n) is 15.2. The fourth-order valence-electron chi connectivity index (χ4n) is 3.01. The Morgan fingerprint density at radius 2 is 1.88 bits per heavy atom. The van der Waals surface area contributed by atoms with E-state index in [0.717, 1.165) is 50.0 Å². The van der Waals surface area contributed by atoms with Crippen LogP contribution >= 0.6 is 11.5 Å². The molecule has 0 bridgehead atoms. The predicted molar refractivity (Wildman–Crippen MR) is 102 cm³/mol. The SMILES string of the molecule is CC(C)(C)C(=O)N1CCCN(c2nc(Cc3ccccc3)ns2)CC1. The molecule has 1 aromatic carbocycles. The van der Waals surface area contributed by atoms with Gasteiger partial charge in [0.1, 0.15) is 5.82 Å². The maximum atomic E-state index is 12.5. The smallest absolute Gasteiger partial charge is 0.228 e. The monoisotopic (exact) mass is 358 g/mol. The van der Waals surface area contributed by atoms with Gasteiger partial charge in [0.25, 0.3) is 0 Å². The quantitative estimate of drug-likeness (QED) is 0.845. The summed E-state index contributed by atoms with van der Waals surface area (Å²) < 4.78 is 4.52. The molecule has 5 nitrogen and oxygen atoms in total. The fraction of sp³-hybridized carbons (Fsp3) is 0.526. The van der Waals surface area contributed by atoms with Crippen molar-refractivity contribution in [3.8, 4) is 0 Å². The van der Waals surface area contributed by atoms with Crippen LogP contribution in [-0.2, 0) is 11.2 Å². The first-order valence-electron chi connectivity index (χ1n) is 8.84. The van der Waals surface area contributed by atoms with Gasteiger partial charge in [0.15, 0.2) is 0 Å². The number of benzene rings is 1. The van der Waals surface area contributed by atoms with Crippen LogP contribution in [-0.4, -0.2) is 46.3 Å². The van der Waals surface area contributed by atoms with E-state index < -0.39 is 0 Å². The van der Waals surface area contributed by atoms with Crippen LogP contribution in [0.4, 0.5) is 5.13 Å². The maximum absolute atomic E-state index is 12.5. The van der Waals surface area contributed by atoms with Crippen LogP contribution in [0.2, 0.25) is 0 Å². The molecule has 0 spiro atoms. The molecular weight excluding hydrogens is 332 g/mol. The van der Waals surface area contributed by atoms with E-state index in [4.69, 9.17) is 4.98 Å². The summed E-state index contributed by atoms with van der Waals surface area (Å²) in [5, 5.41) is 0.969. The van der Waals surface area contributed by atoms with Crippen molar-refractivity contribution >= 4 is 22.6 Å². The Hall–Kier alpha value is -1.95. The molecule has 1 aromatic heterocycles. The molecule has 0 N–H and O–H groups in total. The van der Waals surface area contributed by atoms with Crippen molar-refractivity contribution in [3.63, 3.8) is 0 Å². The number of amides is 1. The summed E-state index contributed by atoms with van der Waals surface area (Å²) in [5.74, 6) is 1.11. The van der Waals surface area contributed by atoms with Gasteiger partial charge in [0.2, 0.25) is 11.0 Å². The third-order valence-electron chi connectivity index (χ3n) is 4.36. The number of carbonyl (C=O) groups excluding carboxylic acids is 1. The number of aromatic nitrogens is 2. The first kappa shape index (κ1) is 17.9. The molecule has 2 aromatic rings. The van der Waals surface area contributed by atoms with Gasteiger partial charge in [0, 0.05) is 49.5 Å². The lowest BCUT2D eigenvalue weighted by molar-refractivity contribution is -0.139. The number of carbonyl (C=O) groups is 1. The highest BCUT2D eigenvalue weighted by Crippen LogP contribution is 2.23. The Bertz CT molecular complexity index is 708. The minimum atomic E-state index is -0.319. The molecule has 6 heteroatoms. The highest BCUT2D eigenvalue weighted by atomic mass is 32.1. The van der Waals surface area contributed by atoms with Crippen LogP contribution in [0.25, 0.3) is 0 Å². The number of nitrogens with zero attached hydrogens (tertiary/aromatic N) is 4. The molecule has 0 atom stereocenters. The molecule has 1 saturated heterocycles. The van der Waals surface area contributed by atoms with Gasteiger partial charge >= 0.3 is 0 Å². The molecule has 25 heavy (non-hydrogen) atoms. The maximum Gasteiger partial charge on any atom is 0.228 e. The Morgan fingerprint density at radius 3 is 2.60 bits per heavy atom. The van der Waals surface area contributed by atoms with E-state index in [2.05, 4.69) is 21.4 Å². The highest BCUT2D eigenvalue weighted by Gasteiger charge is 2.29.